The van der Waals surface area contributed by atoms with E-state index in [1.165, 1.54) is 11.1 Å². The number of hydrogen-bond donors (Lipinski definition) is 0. The van der Waals surface area contributed by atoms with Gasteiger partial charge in [-0.05, 0) is 46.9 Å². The second-order valence-corrected chi connectivity index (χ2v) is 8.76. The Morgan fingerprint density at radius 3 is 1.06 bits per heavy atom. The van der Waals surface area contributed by atoms with E-state index in [9.17, 15) is 19.8 Å². The number of carbonyl (C=O) groups excluding carboxylic acids is 2. The third-order valence-electron chi connectivity index (χ3n) is 4.95. The van der Waals surface area contributed by atoms with Crippen LogP contribution in [0.4, 0.5) is 0 Å². The first kappa shape index (κ1) is 29.0. The summed E-state index contributed by atoms with van der Waals surface area (Å²) in [4.78, 5) is 21.3. The molecule has 31 heavy (non-hydrogen) atoms. The molecule has 0 aliphatic heterocycles. The average molecular weight is 476 g/mol. The molecule has 0 bridgehead atoms. The van der Waals surface area contributed by atoms with Crippen molar-refractivity contribution >= 4 is 11.9 Å². The Labute approximate surface area is 199 Å². The van der Waals surface area contributed by atoms with Crippen molar-refractivity contribution < 1.29 is 39.3 Å². The quantitative estimate of drug-likeness (QED) is 0.547. The van der Waals surface area contributed by atoms with Crippen LogP contribution in [0.2, 0.25) is 0 Å². The van der Waals surface area contributed by atoms with Gasteiger partial charge in [0.1, 0.15) is 0 Å². The molecule has 0 aliphatic carbocycles. The largest absolute Gasteiger partial charge is 2.00 e. The molecule has 0 aromatic heterocycles. The maximum absolute atomic E-state index is 10.7. The Kier molecular flexibility index (Phi) is 13.2. The summed E-state index contributed by atoms with van der Waals surface area (Å²) >= 11 is 0. The van der Waals surface area contributed by atoms with Crippen LogP contribution in [0.5, 0.6) is 0 Å². The smallest absolute Gasteiger partial charge is 0.550 e. The summed E-state index contributed by atoms with van der Waals surface area (Å²) in [6, 6.07) is 15.5. The zero-order valence-electron chi connectivity index (χ0n) is 19.7. The molecule has 2 aromatic carbocycles. The fraction of sp³-hybridized carbons (Fsp3) is 0.462. The SMILES string of the molecule is CC(C)Cc1ccc(C(C)C(=O)[O-])cc1.CC(C)Cc1ccc(C(C)C(=O)[O-])cc1.[Zn+2]. The van der Waals surface area contributed by atoms with Gasteiger partial charge in [0.25, 0.3) is 0 Å². The van der Waals surface area contributed by atoms with Crippen LogP contribution in [0.15, 0.2) is 48.5 Å². The average Bonchev–Trinajstić information content (AvgIpc) is 2.67. The minimum absolute atomic E-state index is 0. The predicted octanol–water partition coefficient (Wildman–Crippen LogP) is 3.47. The molecule has 5 heteroatoms. The number of benzene rings is 2. The molecule has 0 aliphatic rings. The van der Waals surface area contributed by atoms with E-state index in [-0.39, 0.29) is 19.5 Å². The topological polar surface area (TPSA) is 80.3 Å². The molecule has 0 amide bonds. The monoisotopic (exact) mass is 474 g/mol. The van der Waals surface area contributed by atoms with E-state index < -0.39 is 23.8 Å². The van der Waals surface area contributed by atoms with Crippen molar-refractivity contribution in [2.45, 2.75) is 66.2 Å². The van der Waals surface area contributed by atoms with Gasteiger partial charge in [-0.1, -0.05) is 90.1 Å². The Hall–Kier alpha value is -2.00. The van der Waals surface area contributed by atoms with Gasteiger partial charge in [-0.2, -0.15) is 0 Å². The van der Waals surface area contributed by atoms with Crippen LogP contribution in [0.1, 0.15) is 75.6 Å². The van der Waals surface area contributed by atoms with Crippen LogP contribution in [0.3, 0.4) is 0 Å². The zero-order valence-corrected chi connectivity index (χ0v) is 22.6. The van der Waals surface area contributed by atoms with E-state index in [0.717, 1.165) is 24.0 Å². The first-order valence-electron chi connectivity index (χ1n) is 10.6. The second-order valence-electron chi connectivity index (χ2n) is 8.76. The van der Waals surface area contributed by atoms with Gasteiger partial charge in [-0.15, -0.1) is 0 Å². The molecule has 164 valence electrons. The number of rotatable bonds is 8. The number of carboxylic acids is 2. The minimum Gasteiger partial charge on any atom is -0.550 e. The summed E-state index contributed by atoms with van der Waals surface area (Å²) in [6.45, 7) is 11.9. The van der Waals surface area contributed by atoms with Crippen molar-refractivity contribution in [2.75, 3.05) is 0 Å². The molecule has 4 nitrogen and oxygen atoms in total. The van der Waals surface area contributed by atoms with Crippen LogP contribution < -0.4 is 10.2 Å². The molecule has 2 rings (SSSR count). The molecule has 0 saturated carbocycles. The van der Waals surface area contributed by atoms with E-state index in [0.29, 0.717) is 11.8 Å². The first-order valence-corrected chi connectivity index (χ1v) is 10.6. The first-order chi connectivity index (χ1) is 14.0. The molecule has 2 unspecified atom stereocenters. The summed E-state index contributed by atoms with van der Waals surface area (Å²) < 4.78 is 0. The Bertz CT molecular complexity index is 726. The van der Waals surface area contributed by atoms with Crippen LogP contribution in [-0.2, 0) is 41.9 Å². The molecular formula is C26H34O4Zn. The minimum atomic E-state index is -1.02. The van der Waals surface area contributed by atoms with E-state index >= 15 is 0 Å². The zero-order chi connectivity index (χ0) is 22.8. The molecule has 2 aromatic rings. The number of aliphatic carboxylic acids is 2. The van der Waals surface area contributed by atoms with Gasteiger partial charge in [0.2, 0.25) is 0 Å². The molecular weight excluding hydrogens is 442 g/mol. The number of carboxylic acid groups (broad SMARTS) is 2. The van der Waals surface area contributed by atoms with Crippen LogP contribution in [0.25, 0.3) is 0 Å². The van der Waals surface area contributed by atoms with Crippen molar-refractivity contribution in [3.63, 3.8) is 0 Å². The molecule has 0 fully saturated rings. The van der Waals surface area contributed by atoms with Gasteiger partial charge < -0.3 is 19.8 Å². The van der Waals surface area contributed by atoms with E-state index in [1.807, 2.05) is 48.5 Å². The Morgan fingerprint density at radius 1 is 0.613 bits per heavy atom. The molecule has 0 spiro atoms. The van der Waals surface area contributed by atoms with E-state index in [2.05, 4.69) is 27.7 Å². The van der Waals surface area contributed by atoms with E-state index in [1.54, 1.807) is 13.8 Å². The van der Waals surface area contributed by atoms with Crippen LogP contribution in [-0.4, -0.2) is 11.9 Å². The van der Waals surface area contributed by atoms with Gasteiger partial charge in [0.05, 0.1) is 0 Å². The maximum Gasteiger partial charge on any atom is 2.00 e. The third-order valence-corrected chi connectivity index (χ3v) is 4.95. The second kappa shape index (κ2) is 14.1. The van der Waals surface area contributed by atoms with Crippen molar-refractivity contribution in [3.8, 4) is 0 Å². The summed E-state index contributed by atoms with van der Waals surface area (Å²) in [7, 11) is 0. The summed E-state index contributed by atoms with van der Waals surface area (Å²) in [6.07, 6.45) is 2.06. The van der Waals surface area contributed by atoms with Gasteiger partial charge in [0, 0.05) is 23.8 Å². The normalized spacial score (nSPS) is 12.4. The van der Waals surface area contributed by atoms with Crippen molar-refractivity contribution in [2.24, 2.45) is 11.8 Å². The molecule has 0 saturated heterocycles. The van der Waals surface area contributed by atoms with Crippen LogP contribution in [0, 0.1) is 11.8 Å². The summed E-state index contributed by atoms with van der Waals surface area (Å²) in [5.41, 5.74) is 4.11. The predicted molar refractivity (Wildman–Crippen MR) is 117 cm³/mol. The van der Waals surface area contributed by atoms with Gasteiger partial charge in [-0.25, -0.2) is 0 Å². The van der Waals surface area contributed by atoms with Crippen molar-refractivity contribution in [3.05, 3.63) is 70.8 Å². The standard InChI is InChI=1S/2C13H18O2.Zn/c2*1-9(2)8-11-4-6-12(7-5-11)10(3)13(14)15;/h2*4-7,9-10H,8H2,1-3H3,(H,14,15);/q;;+2/p-2. The molecule has 0 radical (unpaired) electrons. The van der Waals surface area contributed by atoms with Gasteiger partial charge >= 0.3 is 19.5 Å². The van der Waals surface area contributed by atoms with Gasteiger partial charge in [0.15, 0.2) is 0 Å². The Morgan fingerprint density at radius 2 is 0.871 bits per heavy atom. The van der Waals surface area contributed by atoms with Gasteiger partial charge in [-0.3, -0.25) is 0 Å². The van der Waals surface area contributed by atoms with Crippen molar-refractivity contribution in [1.82, 2.24) is 0 Å². The maximum atomic E-state index is 10.7. The molecule has 2 atom stereocenters. The molecule has 0 N–H and O–H groups in total. The fourth-order valence-corrected chi connectivity index (χ4v) is 3.10. The molecule has 0 heterocycles. The third kappa shape index (κ3) is 10.7. The number of hydrogen-bond acceptors (Lipinski definition) is 4. The van der Waals surface area contributed by atoms with Crippen molar-refractivity contribution in [1.29, 1.82) is 0 Å². The fourth-order valence-electron chi connectivity index (χ4n) is 3.10. The summed E-state index contributed by atoms with van der Waals surface area (Å²) in [5, 5.41) is 21.3. The van der Waals surface area contributed by atoms with Crippen LogP contribution >= 0.6 is 0 Å². The number of carbonyl (C=O) groups is 2. The Balaban J connectivity index is 0.000000562. The summed E-state index contributed by atoms with van der Waals surface area (Å²) in [5.74, 6) is -1.86. The van der Waals surface area contributed by atoms with E-state index in [4.69, 9.17) is 0 Å².